The second kappa shape index (κ2) is 9.59. The van der Waals surface area contributed by atoms with Crippen LogP contribution >= 0.6 is 22.7 Å². The number of piperazine rings is 1. The summed E-state index contributed by atoms with van der Waals surface area (Å²) in [7, 11) is 2.14. The molecule has 0 unspecified atom stereocenters. The van der Waals surface area contributed by atoms with Crippen molar-refractivity contribution in [2.45, 2.75) is 13.3 Å². The fourth-order valence-corrected chi connectivity index (χ4v) is 4.84. The molecule has 3 heterocycles. The maximum absolute atomic E-state index is 12.5. The fraction of sp³-hybridized carbons (Fsp3) is 0.318. The van der Waals surface area contributed by atoms with Crippen molar-refractivity contribution in [3.05, 3.63) is 57.2 Å². The number of amides is 2. The van der Waals surface area contributed by atoms with E-state index in [4.69, 9.17) is 0 Å². The molecule has 0 atom stereocenters. The van der Waals surface area contributed by atoms with Crippen molar-refractivity contribution in [3.63, 3.8) is 0 Å². The van der Waals surface area contributed by atoms with Crippen LogP contribution in [0.15, 0.2) is 41.1 Å². The Labute approximate surface area is 189 Å². The number of rotatable bonds is 6. The van der Waals surface area contributed by atoms with Gasteiger partial charge in [0, 0.05) is 42.9 Å². The average molecular weight is 456 g/mol. The Morgan fingerprint density at radius 3 is 2.61 bits per heavy atom. The molecule has 0 aliphatic carbocycles. The summed E-state index contributed by atoms with van der Waals surface area (Å²) in [6.07, 6.45) is 0.157. The van der Waals surface area contributed by atoms with Crippen LogP contribution in [0.4, 0.5) is 16.5 Å². The first-order chi connectivity index (χ1) is 15.0. The Kier molecular flexibility index (Phi) is 6.64. The molecule has 1 aliphatic rings. The minimum absolute atomic E-state index is 0.131. The van der Waals surface area contributed by atoms with Crippen LogP contribution in [0.1, 0.15) is 20.9 Å². The van der Waals surface area contributed by atoms with Gasteiger partial charge in [-0.2, -0.15) is 0 Å². The van der Waals surface area contributed by atoms with Gasteiger partial charge in [0.2, 0.25) is 5.91 Å². The zero-order valence-corrected chi connectivity index (χ0v) is 19.2. The maximum atomic E-state index is 12.5. The maximum Gasteiger partial charge on any atom is 0.267 e. The number of aryl methyl sites for hydroxylation is 1. The van der Waals surface area contributed by atoms with Crippen molar-refractivity contribution in [2.24, 2.45) is 0 Å². The molecule has 2 N–H and O–H groups in total. The van der Waals surface area contributed by atoms with Crippen LogP contribution in [0.25, 0.3) is 0 Å². The van der Waals surface area contributed by atoms with Crippen LogP contribution in [-0.2, 0) is 11.2 Å². The molecule has 1 aliphatic heterocycles. The molecule has 1 saturated heterocycles. The molecule has 0 radical (unpaired) electrons. The van der Waals surface area contributed by atoms with Crippen molar-refractivity contribution in [1.29, 1.82) is 0 Å². The number of likely N-dealkylation sites (N-methyl/N-ethyl adjacent to an activating group) is 1. The number of carbonyl (C=O) groups is 2. The number of thiophene rings is 1. The molecular weight excluding hydrogens is 430 g/mol. The lowest BCUT2D eigenvalue weighted by atomic mass is 10.1. The molecule has 3 aromatic rings. The number of hydrogen-bond donors (Lipinski definition) is 2. The summed E-state index contributed by atoms with van der Waals surface area (Å²) in [5.41, 5.74) is 3.78. The predicted molar refractivity (Wildman–Crippen MR) is 128 cm³/mol. The highest BCUT2D eigenvalue weighted by atomic mass is 32.1. The molecule has 2 aromatic heterocycles. The van der Waals surface area contributed by atoms with Gasteiger partial charge in [-0.25, -0.2) is 4.98 Å². The van der Waals surface area contributed by atoms with Crippen molar-refractivity contribution >= 4 is 51.0 Å². The monoisotopic (exact) mass is 455 g/mol. The largest absolute Gasteiger partial charge is 0.369 e. The summed E-state index contributed by atoms with van der Waals surface area (Å²) >= 11 is 2.69. The standard InChI is InChI=1S/C22H25N5O2S2/c1-15-12-16(5-6-18(15)27-9-7-26(2)8-10-27)23-20(28)13-17-14-31-22(24-17)25-21(29)19-4-3-11-30-19/h3-6,11-12,14H,7-10,13H2,1-2H3,(H,23,28)(H,24,25,29). The van der Waals surface area contributed by atoms with Gasteiger partial charge in [0.05, 0.1) is 17.0 Å². The number of nitrogens with one attached hydrogen (secondary N) is 2. The topological polar surface area (TPSA) is 77.6 Å². The molecule has 1 fully saturated rings. The van der Waals surface area contributed by atoms with Crippen molar-refractivity contribution in [2.75, 3.05) is 48.8 Å². The third-order valence-electron chi connectivity index (χ3n) is 5.18. The van der Waals surface area contributed by atoms with E-state index in [1.807, 2.05) is 23.6 Å². The van der Waals surface area contributed by atoms with E-state index in [2.05, 4.69) is 45.5 Å². The number of aromatic nitrogens is 1. The van der Waals surface area contributed by atoms with Gasteiger partial charge in [-0.3, -0.25) is 14.9 Å². The van der Waals surface area contributed by atoms with Crippen molar-refractivity contribution < 1.29 is 9.59 Å². The molecule has 162 valence electrons. The number of carbonyl (C=O) groups excluding carboxylic acids is 2. The van der Waals surface area contributed by atoms with E-state index in [0.717, 1.165) is 37.4 Å². The molecule has 0 bridgehead atoms. The first-order valence-electron chi connectivity index (χ1n) is 10.1. The summed E-state index contributed by atoms with van der Waals surface area (Å²) in [5, 5.41) is 9.87. The highest BCUT2D eigenvalue weighted by Gasteiger charge is 2.17. The lowest BCUT2D eigenvalue weighted by Crippen LogP contribution is -2.44. The van der Waals surface area contributed by atoms with E-state index < -0.39 is 0 Å². The van der Waals surface area contributed by atoms with Crippen LogP contribution in [-0.4, -0.2) is 54.9 Å². The summed E-state index contributed by atoms with van der Waals surface area (Å²) < 4.78 is 0. The lowest BCUT2D eigenvalue weighted by molar-refractivity contribution is -0.115. The first kappa shape index (κ1) is 21.5. The highest BCUT2D eigenvalue weighted by molar-refractivity contribution is 7.14. The number of thiazole rings is 1. The number of anilines is 3. The zero-order valence-electron chi connectivity index (χ0n) is 17.6. The van der Waals surface area contributed by atoms with Gasteiger partial charge < -0.3 is 15.1 Å². The summed E-state index contributed by atoms with van der Waals surface area (Å²) in [6.45, 7) is 6.21. The van der Waals surface area contributed by atoms with Gasteiger partial charge in [-0.15, -0.1) is 22.7 Å². The Hall–Kier alpha value is -2.75. The summed E-state index contributed by atoms with van der Waals surface area (Å²) in [4.78, 5) is 34.3. The van der Waals surface area contributed by atoms with Gasteiger partial charge in [-0.1, -0.05) is 6.07 Å². The van der Waals surface area contributed by atoms with E-state index >= 15 is 0 Å². The van der Waals surface area contributed by atoms with Crippen molar-refractivity contribution in [3.8, 4) is 0 Å². The van der Waals surface area contributed by atoms with Crippen LogP contribution in [0, 0.1) is 6.92 Å². The Balaban J connectivity index is 1.32. The molecule has 0 spiro atoms. The van der Waals surface area contributed by atoms with E-state index in [9.17, 15) is 9.59 Å². The smallest absolute Gasteiger partial charge is 0.267 e. The van der Waals surface area contributed by atoms with Crippen LogP contribution in [0.5, 0.6) is 0 Å². The SMILES string of the molecule is Cc1cc(NC(=O)Cc2csc(NC(=O)c3cccs3)n2)ccc1N1CCN(C)CC1. The van der Waals surface area contributed by atoms with Gasteiger partial charge in [0.1, 0.15) is 0 Å². The van der Waals surface area contributed by atoms with Crippen molar-refractivity contribution in [1.82, 2.24) is 9.88 Å². The minimum atomic E-state index is -0.184. The van der Waals surface area contributed by atoms with E-state index in [1.165, 1.54) is 28.4 Å². The Bertz CT molecular complexity index is 1060. The quantitative estimate of drug-likeness (QED) is 0.593. The number of benzene rings is 1. The Morgan fingerprint density at radius 1 is 1.10 bits per heavy atom. The fourth-order valence-electron chi connectivity index (χ4n) is 3.52. The number of nitrogens with zero attached hydrogens (tertiary/aromatic N) is 3. The second-order valence-corrected chi connectivity index (χ2v) is 9.40. The lowest BCUT2D eigenvalue weighted by Gasteiger charge is -2.35. The molecule has 0 saturated carbocycles. The summed E-state index contributed by atoms with van der Waals surface area (Å²) in [6, 6.07) is 9.64. The molecule has 1 aromatic carbocycles. The zero-order chi connectivity index (χ0) is 21.8. The highest BCUT2D eigenvalue weighted by Crippen LogP contribution is 2.25. The van der Waals surface area contributed by atoms with Crippen LogP contribution in [0.3, 0.4) is 0 Å². The average Bonchev–Trinajstić information content (AvgIpc) is 3.41. The van der Waals surface area contributed by atoms with Crippen LogP contribution in [0.2, 0.25) is 0 Å². The Morgan fingerprint density at radius 2 is 1.90 bits per heavy atom. The summed E-state index contributed by atoms with van der Waals surface area (Å²) in [5.74, 6) is -0.315. The normalized spacial score (nSPS) is 14.5. The minimum Gasteiger partial charge on any atom is -0.369 e. The van der Waals surface area contributed by atoms with Crippen LogP contribution < -0.4 is 15.5 Å². The van der Waals surface area contributed by atoms with E-state index in [0.29, 0.717) is 15.7 Å². The second-order valence-electron chi connectivity index (χ2n) is 7.59. The van der Waals surface area contributed by atoms with E-state index in [-0.39, 0.29) is 18.2 Å². The molecule has 31 heavy (non-hydrogen) atoms. The predicted octanol–water partition coefficient (Wildman–Crippen LogP) is 3.70. The third-order valence-corrected chi connectivity index (χ3v) is 6.86. The van der Waals surface area contributed by atoms with Gasteiger partial charge in [0.25, 0.3) is 5.91 Å². The third kappa shape index (κ3) is 5.49. The molecule has 4 rings (SSSR count). The molecule has 7 nitrogen and oxygen atoms in total. The van der Waals surface area contributed by atoms with Gasteiger partial charge in [0.15, 0.2) is 5.13 Å². The van der Waals surface area contributed by atoms with E-state index in [1.54, 1.807) is 11.4 Å². The molecule has 9 heteroatoms. The molecular formula is C22H25N5O2S2. The molecule has 2 amide bonds. The first-order valence-corrected chi connectivity index (χ1v) is 11.9. The number of hydrogen-bond acceptors (Lipinski definition) is 7. The van der Waals surface area contributed by atoms with Gasteiger partial charge in [-0.05, 0) is 49.2 Å². The van der Waals surface area contributed by atoms with Gasteiger partial charge >= 0.3 is 0 Å².